The fourth-order valence-electron chi connectivity index (χ4n) is 2.00. The molecule has 0 aliphatic carbocycles. The molecule has 2 heterocycles. The van der Waals surface area contributed by atoms with Gasteiger partial charge in [0.2, 0.25) is 0 Å². The molecular formula is C12H10BrClF2N2O. The predicted octanol–water partition coefficient (Wildman–Crippen LogP) is 3.97. The fraction of sp³-hybridized carbons (Fsp3) is 0.333. The van der Waals surface area contributed by atoms with Crippen LogP contribution in [-0.4, -0.2) is 23.3 Å². The van der Waals surface area contributed by atoms with Crippen molar-refractivity contribution in [1.82, 2.24) is 4.98 Å². The molecule has 0 aromatic carbocycles. The summed E-state index contributed by atoms with van der Waals surface area (Å²) in [6.45, 7) is 0.792. The average molecular weight is 352 g/mol. The number of carbonyl (C=O) groups is 1. The minimum atomic E-state index is -1.60. The van der Waals surface area contributed by atoms with Crippen molar-refractivity contribution >= 4 is 38.6 Å². The molecule has 1 saturated heterocycles. The van der Waals surface area contributed by atoms with Gasteiger partial charge in [-0.3, -0.25) is 4.79 Å². The minimum Gasteiger partial charge on any atom is -0.355 e. The summed E-state index contributed by atoms with van der Waals surface area (Å²) in [5.74, 6) is 0.438. The molecule has 0 spiro atoms. The molecule has 3 nitrogen and oxygen atoms in total. The number of anilines is 1. The van der Waals surface area contributed by atoms with E-state index in [1.54, 1.807) is 17.0 Å². The summed E-state index contributed by atoms with van der Waals surface area (Å²) in [4.78, 5) is 17.4. The zero-order valence-electron chi connectivity index (χ0n) is 9.80. The molecule has 0 amide bonds. The molecule has 19 heavy (non-hydrogen) atoms. The summed E-state index contributed by atoms with van der Waals surface area (Å²) in [7, 11) is 0. The van der Waals surface area contributed by atoms with E-state index in [4.69, 9.17) is 11.6 Å². The highest BCUT2D eigenvalue weighted by atomic mass is 79.9. The number of piperidine rings is 1. The van der Waals surface area contributed by atoms with Gasteiger partial charge in [0, 0.05) is 13.1 Å². The number of hydrogen-bond acceptors (Lipinski definition) is 3. The first kappa shape index (κ1) is 14.4. The number of hydrogen-bond donors (Lipinski definition) is 0. The van der Waals surface area contributed by atoms with Crippen molar-refractivity contribution in [2.45, 2.75) is 12.8 Å². The molecule has 0 N–H and O–H groups in total. The maximum absolute atomic E-state index is 12.5. The van der Waals surface area contributed by atoms with Gasteiger partial charge in [-0.15, -0.1) is 0 Å². The van der Waals surface area contributed by atoms with E-state index in [0.717, 1.165) is 0 Å². The summed E-state index contributed by atoms with van der Waals surface area (Å²) >= 11 is 8.73. The van der Waals surface area contributed by atoms with Gasteiger partial charge in [0.05, 0.1) is 5.56 Å². The number of nitrogens with zero attached hydrogens (tertiary/aromatic N) is 2. The molecular weight excluding hydrogens is 341 g/mol. The van der Waals surface area contributed by atoms with Crippen LogP contribution in [0.1, 0.15) is 23.2 Å². The van der Waals surface area contributed by atoms with Gasteiger partial charge >= 0.3 is 0 Å². The Kier molecular flexibility index (Phi) is 4.52. The van der Waals surface area contributed by atoms with Crippen molar-refractivity contribution in [1.29, 1.82) is 0 Å². The highest BCUT2D eigenvalue weighted by Gasteiger charge is 2.22. The third-order valence-electron chi connectivity index (χ3n) is 2.99. The third-order valence-corrected chi connectivity index (χ3v) is 3.63. The van der Waals surface area contributed by atoms with Crippen molar-refractivity contribution in [3.05, 3.63) is 34.0 Å². The highest BCUT2D eigenvalue weighted by Crippen LogP contribution is 2.28. The van der Waals surface area contributed by atoms with E-state index in [2.05, 4.69) is 20.9 Å². The standard InChI is InChI=1S/C12H10BrClF2N2O/c13-9-2-1-8(10(14)19)12(17-9)18-5-3-7(4-6-18)11(15)16/h1-2H,3-6H2. The SMILES string of the molecule is O=C(Cl)c1ccc(Br)nc1N1CCC(=C(F)F)CC1. The van der Waals surface area contributed by atoms with Gasteiger partial charge in [-0.1, -0.05) is 0 Å². The molecule has 1 aromatic heterocycles. The Bertz CT molecular complexity index is 537. The monoisotopic (exact) mass is 350 g/mol. The first-order valence-electron chi connectivity index (χ1n) is 5.63. The minimum absolute atomic E-state index is 0.171. The quantitative estimate of drug-likeness (QED) is 0.597. The summed E-state index contributed by atoms with van der Waals surface area (Å²) < 4.78 is 25.5. The molecule has 102 valence electrons. The normalized spacial score (nSPS) is 15.6. The van der Waals surface area contributed by atoms with Crippen molar-refractivity contribution in [3.8, 4) is 0 Å². The first-order chi connectivity index (χ1) is 8.99. The molecule has 1 aliphatic heterocycles. The van der Waals surface area contributed by atoms with Crippen LogP contribution in [0, 0.1) is 0 Å². The van der Waals surface area contributed by atoms with E-state index >= 15 is 0 Å². The van der Waals surface area contributed by atoms with Gasteiger partial charge in [0.1, 0.15) is 10.4 Å². The number of pyridine rings is 1. The van der Waals surface area contributed by atoms with E-state index in [1.807, 2.05) is 0 Å². The molecule has 0 atom stereocenters. The molecule has 1 aromatic rings. The van der Waals surface area contributed by atoms with Crippen molar-refractivity contribution in [3.63, 3.8) is 0 Å². The van der Waals surface area contributed by atoms with Gasteiger partial charge in [0.25, 0.3) is 11.3 Å². The van der Waals surface area contributed by atoms with Crippen molar-refractivity contribution in [2.24, 2.45) is 0 Å². The topological polar surface area (TPSA) is 33.2 Å². The molecule has 7 heteroatoms. The van der Waals surface area contributed by atoms with Crippen LogP contribution < -0.4 is 4.90 Å². The van der Waals surface area contributed by atoms with Gasteiger partial charge in [-0.05, 0) is 58.1 Å². The van der Waals surface area contributed by atoms with E-state index in [-0.39, 0.29) is 24.0 Å². The third kappa shape index (κ3) is 3.30. The Morgan fingerprint density at radius 2 is 1.95 bits per heavy atom. The number of carbonyl (C=O) groups excluding carboxylic acids is 1. The summed E-state index contributed by atoms with van der Waals surface area (Å²) in [5.41, 5.74) is 0.461. The molecule has 1 aliphatic rings. The van der Waals surface area contributed by atoms with E-state index < -0.39 is 11.3 Å². The molecule has 0 bridgehead atoms. The second-order valence-electron chi connectivity index (χ2n) is 4.13. The number of aromatic nitrogens is 1. The average Bonchev–Trinajstić information content (AvgIpc) is 2.38. The summed E-state index contributed by atoms with van der Waals surface area (Å²) in [5, 5.41) is -0.604. The highest BCUT2D eigenvalue weighted by molar-refractivity contribution is 9.10. The second kappa shape index (κ2) is 5.96. The maximum atomic E-state index is 12.5. The first-order valence-corrected chi connectivity index (χ1v) is 6.80. The molecule has 1 fully saturated rings. The summed E-state index contributed by atoms with van der Waals surface area (Å²) in [6.07, 6.45) is -1.06. The number of halogens is 4. The van der Waals surface area contributed by atoms with Crippen LogP contribution in [-0.2, 0) is 0 Å². The largest absolute Gasteiger partial charge is 0.355 e. The molecule has 0 radical (unpaired) electrons. The van der Waals surface area contributed by atoms with Crippen LogP contribution in [0.2, 0.25) is 0 Å². The van der Waals surface area contributed by atoms with Crippen molar-refractivity contribution < 1.29 is 13.6 Å². The van der Waals surface area contributed by atoms with E-state index in [9.17, 15) is 13.6 Å². The van der Waals surface area contributed by atoms with Crippen LogP contribution in [0.4, 0.5) is 14.6 Å². The predicted molar refractivity (Wildman–Crippen MR) is 72.8 cm³/mol. The lowest BCUT2D eigenvalue weighted by atomic mass is 10.0. The fourth-order valence-corrected chi connectivity index (χ4v) is 2.44. The molecule has 0 saturated carbocycles. The zero-order chi connectivity index (χ0) is 14.0. The Balaban J connectivity index is 2.26. The second-order valence-corrected chi connectivity index (χ2v) is 5.29. The Morgan fingerprint density at radius 1 is 1.32 bits per heavy atom. The lowest BCUT2D eigenvalue weighted by Gasteiger charge is -2.30. The van der Waals surface area contributed by atoms with Gasteiger partial charge in [0.15, 0.2) is 0 Å². The van der Waals surface area contributed by atoms with Crippen LogP contribution in [0.5, 0.6) is 0 Å². The lowest BCUT2D eigenvalue weighted by molar-refractivity contribution is 0.108. The van der Waals surface area contributed by atoms with Crippen LogP contribution in [0.25, 0.3) is 0 Å². The molecule has 2 rings (SSSR count). The Morgan fingerprint density at radius 3 is 2.47 bits per heavy atom. The maximum Gasteiger partial charge on any atom is 0.269 e. The number of rotatable bonds is 2. The van der Waals surface area contributed by atoms with Crippen LogP contribution >= 0.6 is 27.5 Å². The van der Waals surface area contributed by atoms with Crippen molar-refractivity contribution in [2.75, 3.05) is 18.0 Å². The van der Waals surface area contributed by atoms with Crippen LogP contribution in [0.3, 0.4) is 0 Å². The van der Waals surface area contributed by atoms with Gasteiger partial charge in [-0.2, -0.15) is 8.78 Å². The van der Waals surface area contributed by atoms with E-state index in [1.165, 1.54) is 0 Å². The Labute approximate surface area is 122 Å². The zero-order valence-corrected chi connectivity index (χ0v) is 12.1. The van der Waals surface area contributed by atoms with Crippen LogP contribution in [0.15, 0.2) is 28.4 Å². The summed E-state index contributed by atoms with van der Waals surface area (Å²) in [6, 6.07) is 3.19. The Hall–Kier alpha value is -1.01. The lowest BCUT2D eigenvalue weighted by Crippen LogP contribution is -2.32. The van der Waals surface area contributed by atoms with E-state index in [0.29, 0.717) is 23.5 Å². The molecule has 0 unspecified atom stereocenters. The van der Waals surface area contributed by atoms with Gasteiger partial charge in [-0.25, -0.2) is 4.98 Å². The van der Waals surface area contributed by atoms with Gasteiger partial charge < -0.3 is 4.90 Å². The smallest absolute Gasteiger partial charge is 0.269 e.